The number of pyridine rings is 1. The molecular formula is C57H35N3O. The lowest BCUT2D eigenvalue weighted by atomic mass is 9.89. The predicted molar refractivity (Wildman–Crippen MR) is 252 cm³/mol. The summed E-state index contributed by atoms with van der Waals surface area (Å²) in [7, 11) is 0. The SMILES string of the molecule is c1ccc(-c2cc(-c3ccccc3)nc(-c3ccc(-c4cccc(-c5nc6ccccc6c6c(-c7ccccc7)c7c(cc56)oc5ccccc57)c4)c4ccccc34)n2)cc1. The Balaban J connectivity index is 1.06. The number of aromatic nitrogens is 3. The van der Waals surface area contributed by atoms with Crippen molar-refractivity contribution in [3.8, 4) is 67.4 Å². The maximum Gasteiger partial charge on any atom is 0.161 e. The number of rotatable bonds is 6. The molecule has 4 heteroatoms. The molecule has 0 radical (unpaired) electrons. The number of fused-ring (bicyclic) bond motifs is 7. The zero-order chi connectivity index (χ0) is 40.3. The van der Waals surface area contributed by atoms with E-state index < -0.39 is 0 Å². The lowest BCUT2D eigenvalue weighted by molar-refractivity contribution is 0.669. The number of hydrogen-bond acceptors (Lipinski definition) is 4. The fourth-order valence-corrected chi connectivity index (χ4v) is 9.09. The van der Waals surface area contributed by atoms with E-state index in [-0.39, 0.29) is 0 Å². The van der Waals surface area contributed by atoms with Crippen molar-refractivity contribution in [2.45, 2.75) is 0 Å². The fraction of sp³-hybridized carbons (Fsp3) is 0. The van der Waals surface area contributed by atoms with Crippen LogP contribution in [0.5, 0.6) is 0 Å². The summed E-state index contributed by atoms with van der Waals surface area (Å²) >= 11 is 0. The third-order valence-corrected chi connectivity index (χ3v) is 11.9. The Labute approximate surface area is 352 Å². The first-order valence-corrected chi connectivity index (χ1v) is 20.6. The highest BCUT2D eigenvalue weighted by Gasteiger charge is 2.22. The van der Waals surface area contributed by atoms with Crippen LogP contribution in [0.15, 0.2) is 217 Å². The highest BCUT2D eigenvalue weighted by atomic mass is 16.3. The van der Waals surface area contributed by atoms with Gasteiger partial charge in [-0.3, -0.25) is 0 Å². The van der Waals surface area contributed by atoms with E-state index in [1.165, 1.54) is 5.39 Å². The molecule has 0 spiro atoms. The minimum atomic E-state index is 0.690. The largest absolute Gasteiger partial charge is 0.456 e. The van der Waals surface area contributed by atoms with Gasteiger partial charge >= 0.3 is 0 Å². The van der Waals surface area contributed by atoms with Crippen molar-refractivity contribution in [1.82, 2.24) is 15.0 Å². The van der Waals surface area contributed by atoms with E-state index in [2.05, 4.69) is 194 Å². The summed E-state index contributed by atoms with van der Waals surface area (Å²) in [6, 6.07) is 74.3. The molecule has 12 aromatic rings. The molecule has 0 unspecified atom stereocenters. The van der Waals surface area contributed by atoms with Crippen LogP contribution < -0.4 is 0 Å². The second-order valence-electron chi connectivity index (χ2n) is 15.5. The zero-order valence-electron chi connectivity index (χ0n) is 33.0. The van der Waals surface area contributed by atoms with Gasteiger partial charge in [0.2, 0.25) is 0 Å². The van der Waals surface area contributed by atoms with Crippen molar-refractivity contribution in [2.75, 3.05) is 0 Å². The first-order valence-electron chi connectivity index (χ1n) is 20.6. The highest BCUT2D eigenvalue weighted by Crippen LogP contribution is 2.47. The van der Waals surface area contributed by atoms with Gasteiger partial charge in [-0.25, -0.2) is 15.0 Å². The van der Waals surface area contributed by atoms with Crippen LogP contribution in [0.4, 0.5) is 0 Å². The second-order valence-corrected chi connectivity index (χ2v) is 15.5. The van der Waals surface area contributed by atoms with Gasteiger partial charge in [-0.05, 0) is 63.9 Å². The third kappa shape index (κ3) is 5.88. The Bertz CT molecular complexity index is 3580. The monoisotopic (exact) mass is 777 g/mol. The van der Waals surface area contributed by atoms with Gasteiger partial charge in [0.1, 0.15) is 11.2 Å². The van der Waals surface area contributed by atoms with Gasteiger partial charge < -0.3 is 4.42 Å². The molecule has 0 aliphatic carbocycles. The van der Waals surface area contributed by atoms with E-state index in [9.17, 15) is 0 Å². The summed E-state index contributed by atoms with van der Waals surface area (Å²) in [5, 5.41) is 7.75. The molecule has 0 bridgehead atoms. The summed E-state index contributed by atoms with van der Waals surface area (Å²) in [6.07, 6.45) is 0. The molecule has 3 aromatic heterocycles. The molecule has 61 heavy (non-hydrogen) atoms. The molecule has 0 fully saturated rings. The average molecular weight is 778 g/mol. The smallest absolute Gasteiger partial charge is 0.161 e. The van der Waals surface area contributed by atoms with Gasteiger partial charge in [0.25, 0.3) is 0 Å². The van der Waals surface area contributed by atoms with Gasteiger partial charge in [-0.1, -0.05) is 176 Å². The Morgan fingerprint density at radius 3 is 1.56 bits per heavy atom. The molecule has 284 valence electrons. The summed E-state index contributed by atoms with van der Waals surface area (Å²) < 4.78 is 6.64. The zero-order valence-corrected chi connectivity index (χ0v) is 33.0. The minimum absolute atomic E-state index is 0.690. The van der Waals surface area contributed by atoms with Crippen molar-refractivity contribution < 1.29 is 4.42 Å². The Kier molecular flexibility index (Phi) is 8.13. The van der Waals surface area contributed by atoms with E-state index >= 15 is 0 Å². The number of para-hydroxylation sites is 2. The Morgan fingerprint density at radius 2 is 0.852 bits per heavy atom. The standard InChI is InChI=1S/C57H35N3O/c1-4-17-36(18-5-1)49-35-50(37-19-6-2-7-20-37)60-57(59-49)44-32-31-41(42-25-10-11-26-43(42)44)39-23-16-24-40(33-39)56-47-34-52-55(46-28-13-15-30-51(46)61-52)53(38-21-8-3-9-22-38)54(47)45-27-12-14-29-48(45)58-56/h1-35H. The first-order chi connectivity index (χ1) is 30.2. The van der Waals surface area contributed by atoms with Crippen LogP contribution in [-0.2, 0) is 0 Å². The summed E-state index contributed by atoms with van der Waals surface area (Å²) in [5.74, 6) is 0.690. The van der Waals surface area contributed by atoms with Gasteiger partial charge in [-0.15, -0.1) is 0 Å². The Hall–Kier alpha value is -8.21. The van der Waals surface area contributed by atoms with Crippen LogP contribution in [0.25, 0.3) is 122 Å². The molecule has 0 saturated heterocycles. The van der Waals surface area contributed by atoms with Crippen LogP contribution in [0.1, 0.15) is 0 Å². The molecule has 0 N–H and O–H groups in total. The molecule has 9 aromatic carbocycles. The minimum Gasteiger partial charge on any atom is -0.456 e. The van der Waals surface area contributed by atoms with Gasteiger partial charge in [0, 0.05) is 54.7 Å². The average Bonchev–Trinajstić information content (AvgIpc) is 3.71. The molecule has 0 saturated carbocycles. The van der Waals surface area contributed by atoms with Crippen molar-refractivity contribution in [3.63, 3.8) is 0 Å². The van der Waals surface area contributed by atoms with E-state index in [4.69, 9.17) is 19.4 Å². The predicted octanol–water partition coefficient (Wildman–Crippen LogP) is 15.2. The number of hydrogen-bond donors (Lipinski definition) is 0. The number of furan rings is 1. The quantitative estimate of drug-likeness (QED) is 0.158. The normalized spacial score (nSPS) is 11.6. The van der Waals surface area contributed by atoms with Crippen LogP contribution in [-0.4, -0.2) is 15.0 Å². The topological polar surface area (TPSA) is 51.8 Å². The van der Waals surface area contributed by atoms with Crippen molar-refractivity contribution in [3.05, 3.63) is 212 Å². The van der Waals surface area contributed by atoms with Gasteiger partial charge in [0.05, 0.1) is 22.6 Å². The van der Waals surface area contributed by atoms with Crippen LogP contribution in [0.3, 0.4) is 0 Å². The van der Waals surface area contributed by atoms with Crippen molar-refractivity contribution in [2.24, 2.45) is 0 Å². The van der Waals surface area contributed by atoms with Crippen LogP contribution in [0, 0.1) is 0 Å². The van der Waals surface area contributed by atoms with Gasteiger partial charge in [0.15, 0.2) is 5.82 Å². The molecule has 12 rings (SSSR count). The maximum atomic E-state index is 6.64. The van der Waals surface area contributed by atoms with E-state index in [0.29, 0.717) is 5.82 Å². The summed E-state index contributed by atoms with van der Waals surface area (Å²) in [6.45, 7) is 0. The second kappa shape index (κ2) is 14.3. The van der Waals surface area contributed by atoms with E-state index in [0.717, 1.165) is 111 Å². The number of nitrogens with zero attached hydrogens (tertiary/aromatic N) is 3. The highest BCUT2D eigenvalue weighted by molar-refractivity contribution is 6.27. The van der Waals surface area contributed by atoms with Crippen molar-refractivity contribution >= 4 is 54.4 Å². The van der Waals surface area contributed by atoms with Crippen LogP contribution >= 0.6 is 0 Å². The lowest BCUT2D eigenvalue weighted by Gasteiger charge is -2.16. The lowest BCUT2D eigenvalue weighted by Crippen LogP contribution is -1.97. The fourth-order valence-electron chi connectivity index (χ4n) is 9.09. The maximum absolute atomic E-state index is 6.64. The molecule has 0 amide bonds. The van der Waals surface area contributed by atoms with Gasteiger partial charge in [-0.2, -0.15) is 0 Å². The summed E-state index contributed by atoms with van der Waals surface area (Å²) in [5.41, 5.74) is 14.0. The Morgan fingerprint density at radius 1 is 0.311 bits per heavy atom. The molecule has 0 aliphatic rings. The van der Waals surface area contributed by atoms with E-state index in [1.54, 1.807) is 0 Å². The molecule has 0 aliphatic heterocycles. The van der Waals surface area contributed by atoms with Crippen LogP contribution in [0.2, 0.25) is 0 Å². The van der Waals surface area contributed by atoms with Crippen molar-refractivity contribution in [1.29, 1.82) is 0 Å². The molecular weight excluding hydrogens is 743 g/mol. The third-order valence-electron chi connectivity index (χ3n) is 11.9. The number of benzene rings is 9. The summed E-state index contributed by atoms with van der Waals surface area (Å²) in [4.78, 5) is 15.8. The molecule has 3 heterocycles. The molecule has 4 nitrogen and oxygen atoms in total. The van der Waals surface area contributed by atoms with E-state index in [1.807, 2.05) is 18.2 Å². The first kappa shape index (κ1) is 34.8. The molecule has 0 atom stereocenters.